The molecular formula is C23H18F6N8O2S. The minimum absolute atomic E-state index is 0.0401. The molecule has 1 atom stereocenters. The van der Waals surface area contributed by atoms with E-state index in [0.29, 0.717) is 17.3 Å². The van der Waals surface area contributed by atoms with Gasteiger partial charge in [0.15, 0.2) is 0 Å². The molecular weight excluding hydrogens is 566 g/mol. The Bertz CT molecular complexity index is 1530. The molecule has 0 spiro atoms. The van der Waals surface area contributed by atoms with Crippen molar-refractivity contribution < 1.29 is 35.9 Å². The van der Waals surface area contributed by atoms with E-state index in [2.05, 4.69) is 30.4 Å². The Kier molecular flexibility index (Phi) is 7.60. The van der Waals surface area contributed by atoms with Gasteiger partial charge in [0.25, 0.3) is 11.8 Å². The topological polar surface area (TPSA) is 119 Å². The first-order chi connectivity index (χ1) is 18.6. The number of halogens is 6. The predicted octanol–water partition coefficient (Wildman–Crippen LogP) is 4.41. The molecule has 0 fully saturated rings. The van der Waals surface area contributed by atoms with Gasteiger partial charge in [0.1, 0.15) is 17.7 Å². The average Bonchev–Trinajstić information content (AvgIpc) is 3.57. The molecule has 0 aliphatic carbocycles. The summed E-state index contributed by atoms with van der Waals surface area (Å²) in [6.07, 6.45) is -6.32. The summed E-state index contributed by atoms with van der Waals surface area (Å²) in [5.41, 5.74) is -3.69. The van der Waals surface area contributed by atoms with Crippen LogP contribution in [0.15, 0.2) is 42.3 Å². The molecule has 2 amide bonds. The minimum atomic E-state index is -5.11. The van der Waals surface area contributed by atoms with Crippen molar-refractivity contribution >= 4 is 23.2 Å². The third kappa shape index (κ3) is 6.08. The lowest BCUT2D eigenvalue weighted by molar-refractivity contribution is -0.143. The molecule has 17 heteroatoms. The van der Waals surface area contributed by atoms with Crippen LogP contribution in [0.4, 0.5) is 26.3 Å². The number of thiazole rings is 1. The van der Waals surface area contributed by atoms with Crippen molar-refractivity contribution in [2.45, 2.75) is 25.3 Å². The Morgan fingerprint density at radius 1 is 0.975 bits per heavy atom. The van der Waals surface area contributed by atoms with E-state index in [1.54, 1.807) is 19.5 Å². The highest BCUT2D eigenvalue weighted by molar-refractivity contribution is 7.12. The van der Waals surface area contributed by atoms with Crippen molar-refractivity contribution in [1.29, 1.82) is 0 Å². The number of carbonyl (C=O) groups is 2. The van der Waals surface area contributed by atoms with Crippen LogP contribution in [0.5, 0.6) is 0 Å². The van der Waals surface area contributed by atoms with Gasteiger partial charge in [-0.15, -0.1) is 16.4 Å². The van der Waals surface area contributed by atoms with E-state index in [-0.39, 0.29) is 34.9 Å². The highest BCUT2D eigenvalue weighted by Gasteiger charge is 2.37. The minimum Gasteiger partial charge on any atom is -0.344 e. The number of nitrogens with one attached hydrogen (secondary N) is 1. The molecule has 0 bridgehead atoms. The van der Waals surface area contributed by atoms with Gasteiger partial charge in [-0.05, 0) is 25.1 Å². The van der Waals surface area contributed by atoms with Gasteiger partial charge in [0, 0.05) is 37.4 Å². The zero-order valence-corrected chi connectivity index (χ0v) is 21.6. The fourth-order valence-electron chi connectivity index (χ4n) is 3.43. The maximum Gasteiger partial charge on any atom is 0.416 e. The smallest absolute Gasteiger partial charge is 0.344 e. The maximum absolute atomic E-state index is 13.2. The van der Waals surface area contributed by atoms with Gasteiger partial charge in [0.2, 0.25) is 11.0 Å². The lowest BCUT2D eigenvalue weighted by atomic mass is 10.0. The molecule has 0 aliphatic heterocycles. The van der Waals surface area contributed by atoms with Crippen LogP contribution in [0.1, 0.15) is 50.6 Å². The van der Waals surface area contributed by atoms with Crippen molar-refractivity contribution in [3.8, 4) is 16.6 Å². The Morgan fingerprint density at radius 3 is 2.20 bits per heavy atom. The van der Waals surface area contributed by atoms with Gasteiger partial charge in [-0.25, -0.2) is 15.0 Å². The van der Waals surface area contributed by atoms with Crippen molar-refractivity contribution in [3.05, 3.63) is 70.4 Å². The lowest BCUT2D eigenvalue weighted by Crippen LogP contribution is -2.28. The van der Waals surface area contributed by atoms with E-state index >= 15 is 0 Å². The summed E-state index contributed by atoms with van der Waals surface area (Å²) < 4.78 is 80.6. The number of hydrogen-bond acceptors (Lipinski definition) is 8. The third-order valence-electron chi connectivity index (χ3n) is 5.35. The highest BCUT2D eigenvalue weighted by Crippen LogP contribution is 2.36. The van der Waals surface area contributed by atoms with Gasteiger partial charge >= 0.3 is 12.4 Å². The van der Waals surface area contributed by atoms with Gasteiger partial charge in [0.05, 0.1) is 22.9 Å². The van der Waals surface area contributed by atoms with Crippen molar-refractivity contribution in [2.75, 3.05) is 14.1 Å². The van der Waals surface area contributed by atoms with E-state index in [0.717, 1.165) is 11.3 Å². The second-order valence-corrected chi connectivity index (χ2v) is 9.34. The second-order valence-electron chi connectivity index (χ2n) is 8.51. The highest BCUT2D eigenvalue weighted by atomic mass is 32.1. The summed E-state index contributed by atoms with van der Waals surface area (Å²) in [6.45, 7) is 1.42. The molecule has 0 radical (unpaired) electrons. The zero-order chi connectivity index (χ0) is 29.4. The molecule has 4 rings (SSSR count). The first-order valence-electron chi connectivity index (χ1n) is 11.2. The summed E-state index contributed by atoms with van der Waals surface area (Å²) in [6, 6.07) is -0.426. The van der Waals surface area contributed by atoms with E-state index < -0.39 is 41.0 Å². The predicted molar refractivity (Wildman–Crippen MR) is 128 cm³/mol. The van der Waals surface area contributed by atoms with Crippen molar-refractivity contribution in [3.63, 3.8) is 0 Å². The molecule has 0 saturated carbocycles. The molecule has 210 valence electrons. The Balaban J connectivity index is 1.61. The third-order valence-corrected chi connectivity index (χ3v) is 6.18. The number of aromatic nitrogens is 6. The number of benzene rings is 1. The van der Waals surface area contributed by atoms with Crippen LogP contribution < -0.4 is 5.32 Å². The summed E-state index contributed by atoms with van der Waals surface area (Å²) in [7, 11) is 3.15. The van der Waals surface area contributed by atoms with Crippen LogP contribution in [0, 0.1) is 0 Å². The number of carbonyl (C=O) groups excluding carboxylic acids is 2. The summed E-state index contributed by atoms with van der Waals surface area (Å²) in [5.74, 6) is -1.47. The van der Waals surface area contributed by atoms with Gasteiger partial charge in [-0.1, -0.05) is 0 Å². The van der Waals surface area contributed by atoms with E-state index in [1.807, 2.05) is 0 Å². The quantitative estimate of drug-likeness (QED) is 0.334. The fraction of sp³-hybridized carbons (Fsp3) is 0.261. The first-order valence-corrected chi connectivity index (χ1v) is 12.0. The normalized spacial score (nSPS) is 12.7. The van der Waals surface area contributed by atoms with Gasteiger partial charge in [-0.3, -0.25) is 14.6 Å². The zero-order valence-electron chi connectivity index (χ0n) is 20.7. The summed E-state index contributed by atoms with van der Waals surface area (Å²) >= 11 is 1.13. The molecule has 0 aliphatic rings. The number of hydrogen-bond donors (Lipinski definition) is 1. The van der Waals surface area contributed by atoms with Crippen LogP contribution in [-0.2, 0) is 12.4 Å². The number of amides is 2. The molecule has 40 heavy (non-hydrogen) atoms. The molecule has 1 N–H and O–H groups in total. The van der Waals surface area contributed by atoms with Gasteiger partial charge < -0.3 is 10.2 Å². The molecule has 4 aromatic rings. The lowest BCUT2D eigenvalue weighted by Gasteiger charge is -2.17. The van der Waals surface area contributed by atoms with Crippen LogP contribution in [0.3, 0.4) is 0 Å². The van der Waals surface area contributed by atoms with Crippen molar-refractivity contribution in [1.82, 2.24) is 39.9 Å². The fourth-order valence-corrected chi connectivity index (χ4v) is 4.15. The molecule has 3 aromatic heterocycles. The molecule has 10 nitrogen and oxygen atoms in total. The van der Waals surface area contributed by atoms with Crippen LogP contribution in [0.25, 0.3) is 16.6 Å². The maximum atomic E-state index is 13.2. The van der Waals surface area contributed by atoms with Crippen LogP contribution >= 0.6 is 11.3 Å². The largest absolute Gasteiger partial charge is 0.416 e. The average molecular weight is 585 g/mol. The van der Waals surface area contributed by atoms with Crippen LogP contribution in [-0.4, -0.2) is 60.5 Å². The summed E-state index contributed by atoms with van der Waals surface area (Å²) in [5, 5.41) is 8.51. The van der Waals surface area contributed by atoms with E-state index in [1.165, 1.54) is 35.2 Å². The molecule has 3 heterocycles. The first kappa shape index (κ1) is 28.6. The number of alkyl halides is 6. The monoisotopic (exact) mass is 584 g/mol. The van der Waals surface area contributed by atoms with Gasteiger partial charge in [-0.2, -0.15) is 31.0 Å². The van der Waals surface area contributed by atoms with E-state index in [4.69, 9.17) is 0 Å². The SMILES string of the molecule is CC(NC(=O)c1cc(C(F)(F)F)cc(C(F)(F)F)c1)c1nccnc1-c1ncn(-c2nc(C(=O)N(C)C)cs2)n1. The molecule has 0 saturated heterocycles. The Labute approximate surface area is 225 Å². The van der Waals surface area contributed by atoms with E-state index in [9.17, 15) is 35.9 Å². The van der Waals surface area contributed by atoms with Crippen molar-refractivity contribution in [2.24, 2.45) is 0 Å². The Morgan fingerprint density at radius 2 is 1.60 bits per heavy atom. The van der Waals surface area contributed by atoms with Crippen LogP contribution in [0.2, 0.25) is 0 Å². The summed E-state index contributed by atoms with van der Waals surface area (Å²) in [4.78, 5) is 43.0. The number of nitrogens with zero attached hydrogens (tertiary/aromatic N) is 7. The molecule has 1 unspecified atom stereocenters. The standard InChI is InChI=1S/C23H18F6N8O2S/c1-11(33-19(38)12-6-13(22(24,25)26)8-14(7-12)23(27,28)29)16-17(31-5-4-30-16)18-32-10-37(35-18)21-34-15(9-40-21)20(39)36(2)3/h4-11H,1-3H3,(H,33,38). The molecule has 1 aromatic carbocycles. The second kappa shape index (κ2) is 10.6. The number of rotatable bonds is 6. The Hall–Kier alpha value is -4.41.